The molecule has 1 saturated heterocycles. The molecule has 0 amide bonds. The Balaban J connectivity index is 2.57. The normalized spacial score (nSPS) is 24.5. The number of ether oxygens (including phenoxy) is 1. The van der Waals surface area contributed by atoms with Crippen LogP contribution < -0.4 is 0 Å². The van der Waals surface area contributed by atoms with Crippen LogP contribution in [0.25, 0.3) is 0 Å². The molecule has 0 aliphatic carbocycles. The van der Waals surface area contributed by atoms with Crippen LogP contribution >= 0.6 is 0 Å². The molecule has 1 N–H and O–H groups in total. The van der Waals surface area contributed by atoms with Crippen molar-refractivity contribution in [1.82, 2.24) is 0 Å². The van der Waals surface area contributed by atoms with Crippen LogP contribution in [0.3, 0.4) is 0 Å². The summed E-state index contributed by atoms with van der Waals surface area (Å²) in [5.74, 6) is 0. The molecule has 1 fully saturated rings. The van der Waals surface area contributed by atoms with Gasteiger partial charge in [0.25, 0.3) is 0 Å². The molecule has 3 atom stereocenters. The van der Waals surface area contributed by atoms with Gasteiger partial charge in [0.2, 0.25) is 0 Å². The Hall–Kier alpha value is 0.0969. The minimum atomic E-state index is -1.57. The van der Waals surface area contributed by atoms with Gasteiger partial charge in [-0.2, -0.15) is 0 Å². The van der Waals surface area contributed by atoms with E-state index in [0.717, 1.165) is 6.42 Å². The molecule has 0 bridgehead atoms. The monoisotopic (exact) mass is 288 g/mol. The van der Waals surface area contributed by atoms with Gasteiger partial charge in [0, 0.05) is 0 Å². The molecule has 4 heteroatoms. The fourth-order valence-electron chi connectivity index (χ4n) is 2.84. The first-order valence-corrected chi connectivity index (χ1v) is 10.6. The van der Waals surface area contributed by atoms with Crippen molar-refractivity contribution in [2.24, 2.45) is 0 Å². The van der Waals surface area contributed by atoms with E-state index in [9.17, 15) is 5.11 Å². The van der Waals surface area contributed by atoms with E-state index in [2.05, 4.69) is 27.7 Å². The summed E-state index contributed by atoms with van der Waals surface area (Å²) in [6.45, 7) is 9.15. The van der Waals surface area contributed by atoms with Crippen LogP contribution in [0.15, 0.2) is 0 Å². The smallest absolute Gasteiger partial charge is 0.192 e. The van der Waals surface area contributed by atoms with Gasteiger partial charge < -0.3 is 14.3 Å². The molecule has 1 aliphatic heterocycles. The van der Waals surface area contributed by atoms with Crippen LogP contribution in [-0.4, -0.2) is 38.3 Å². The van der Waals surface area contributed by atoms with Crippen LogP contribution in [-0.2, 0) is 9.16 Å². The Bertz CT molecular complexity index is 235. The number of epoxide rings is 1. The van der Waals surface area contributed by atoms with Gasteiger partial charge in [-0.15, -0.1) is 0 Å². The fraction of sp³-hybridized carbons (Fsp3) is 1.00. The van der Waals surface area contributed by atoms with Crippen molar-refractivity contribution in [2.45, 2.75) is 89.8 Å². The van der Waals surface area contributed by atoms with Gasteiger partial charge in [0.1, 0.15) is 12.2 Å². The van der Waals surface area contributed by atoms with E-state index in [4.69, 9.17) is 9.16 Å². The quantitative estimate of drug-likeness (QED) is 0.358. The fourth-order valence-corrected chi connectivity index (χ4v) is 5.73. The van der Waals surface area contributed by atoms with Crippen LogP contribution in [0.5, 0.6) is 0 Å². The molecule has 1 heterocycles. The Morgan fingerprint density at radius 1 is 1.11 bits per heavy atom. The molecule has 0 aromatic heterocycles. The van der Waals surface area contributed by atoms with E-state index in [1.54, 1.807) is 0 Å². The molecule has 1 aliphatic rings. The zero-order valence-corrected chi connectivity index (χ0v) is 14.2. The predicted molar refractivity (Wildman–Crippen MR) is 82.0 cm³/mol. The molecule has 1 rings (SSSR count). The zero-order chi connectivity index (χ0) is 14.3. The first-order chi connectivity index (χ1) is 9.16. The molecule has 0 saturated carbocycles. The Morgan fingerprint density at radius 3 is 2.16 bits per heavy atom. The Kier molecular flexibility index (Phi) is 7.58. The van der Waals surface area contributed by atoms with E-state index in [1.807, 2.05) is 0 Å². The van der Waals surface area contributed by atoms with Crippen molar-refractivity contribution in [3.05, 3.63) is 0 Å². The lowest BCUT2D eigenvalue weighted by Crippen LogP contribution is -2.42. The summed E-state index contributed by atoms with van der Waals surface area (Å²) in [6, 6.07) is 3.54. The third kappa shape index (κ3) is 4.85. The van der Waals surface area contributed by atoms with Crippen molar-refractivity contribution in [3.63, 3.8) is 0 Å². The zero-order valence-electron chi connectivity index (χ0n) is 13.2. The summed E-state index contributed by atoms with van der Waals surface area (Å²) in [5.41, 5.74) is 0. The summed E-state index contributed by atoms with van der Waals surface area (Å²) < 4.78 is 12.2. The highest BCUT2D eigenvalue weighted by Crippen LogP contribution is 2.34. The highest BCUT2D eigenvalue weighted by Gasteiger charge is 2.47. The predicted octanol–water partition coefficient (Wildman–Crippen LogP) is 3.72. The van der Waals surface area contributed by atoms with Crippen LogP contribution in [0.4, 0.5) is 0 Å². The average molecular weight is 289 g/mol. The molecular weight excluding hydrogens is 256 g/mol. The number of hydrogen-bond donors (Lipinski definition) is 1. The maximum Gasteiger partial charge on any atom is 0.192 e. The Morgan fingerprint density at radius 2 is 1.74 bits per heavy atom. The number of rotatable bonds is 11. The second kappa shape index (κ2) is 8.40. The lowest BCUT2D eigenvalue weighted by molar-refractivity contribution is 0.135. The van der Waals surface area contributed by atoms with Crippen molar-refractivity contribution < 1.29 is 14.3 Å². The summed E-state index contributed by atoms with van der Waals surface area (Å²) in [7, 11) is -1.57. The second-order valence-electron chi connectivity index (χ2n) is 5.72. The van der Waals surface area contributed by atoms with Crippen molar-refractivity contribution >= 4 is 8.32 Å². The van der Waals surface area contributed by atoms with Gasteiger partial charge in [-0.1, -0.05) is 47.0 Å². The standard InChI is InChI=1S/C15H32O3Si/c1-5-9-10-11-13(15-14(12-16)17-15)18-19(6-2,7-3)8-4/h13-16H,5-12H2,1-4H3/t13-,14-,15-/m1/s1. The average Bonchev–Trinajstić information content (AvgIpc) is 3.23. The second-order valence-corrected chi connectivity index (χ2v) is 10.4. The van der Waals surface area contributed by atoms with Crippen LogP contribution in [0.1, 0.15) is 53.4 Å². The molecule has 19 heavy (non-hydrogen) atoms. The van der Waals surface area contributed by atoms with Gasteiger partial charge in [0.05, 0.1) is 12.7 Å². The molecule has 114 valence electrons. The van der Waals surface area contributed by atoms with E-state index < -0.39 is 8.32 Å². The van der Waals surface area contributed by atoms with E-state index in [1.165, 1.54) is 37.4 Å². The summed E-state index contributed by atoms with van der Waals surface area (Å²) in [5, 5.41) is 9.20. The molecule has 0 radical (unpaired) electrons. The minimum Gasteiger partial charge on any atom is -0.411 e. The van der Waals surface area contributed by atoms with Crippen molar-refractivity contribution in [1.29, 1.82) is 0 Å². The lowest BCUT2D eigenvalue weighted by atomic mass is 10.1. The van der Waals surface area contributed by atoms with Crippen LogP contribution in [0, 0.1) is 0 Å². The highest BCUT2D eigenvalue weighted by atomic mass is 28.4. The molecule has 0 spiro atoms. The molecule has 0 aromatic rings. The lowest BCUT2D eigenvalue weighted by Gasteiger charge is -2.33. The maximum absolute atomic E-state index is 9.20. The number of hydrogen-bond acceptors (Lipinski definition) is 3. The number of aliphatic hydroxyl groups is 1. The molecular formula is C15H32O3Si. The van der Waals surface area contributed by atoms with Gasteiger partial charge in [-0.3, -0.25) is 0 Å². The largest absolute Gasteiger partial charge is 0.411 e. The van der Waals surface area contributed by atoms with Crippen molar-refractivity contribution in [2.75, 3.05) is 6.61 Å². The summed E-state index contributed by atoms with van der Waals surface area (Å²) >= 11 is 0. The molecule has 0 aromatic carbocycles. The Labute approximate surface area is 119 Å². The van der Waals surface area contributed by atoms with Crippen LogP contribution in [0.2, 0.25) is 18.1 Å². The van der Waals surface area contributed by atoms with Gasteiger partial charge in [0.15, 0.2) is 8.32 Å². The number of aliphatic hydroxyl groups excluding tert-OH is 1. The summed E-state index contributed by atoms with van der Waals surface area (Å²) in [6.07, 6.45) is 5.19. The van der Waals surface area contributed by atoms with E-state index >= 15 is 0 Å². The third-order valence-corrected chi connectivity index (χ3v) is 9.26. The summed E-state index contributed by atoms with van der Waals surface area (Å²) in [4.78, 5) is 0. The highest BCUT2D eigenvalue weighted by molar-refractivity contribution is 6.73. The SMILES string of the molecule is CCCCC[C@@H](O[Si](CC)(CC)CC)[C@H]1O[C@@H]1CO. The van der Waals surface area contributed by atoms with Gasteiger partial charge in [-0.05, 0) is 24.6 Å². The molecule has 0 unspecified atom stereocenters. The minimum absolute atomic E-state index is 0.0314. The van der Waals surface area contributed by atoms with Gasteiger partial charge in [-0.25, -0.2) is 0 Å². The maximum atomic E-state index is 9.20. The third-order valence-electron chi connectivity index (χ3n) is 4.59. The topological polar surface area (TPSA) is 42.0 Å². The number of unbranched alkanes of at least 4 members (excludes halogenated alkanes) is 2. The van der Waals surface area contributed by atoms with Crippen molar-refractivity contribution in [3.8, 4) is 0 Å². The van der Waals surface area contributed by atoms with E-state index in [-0.39, 0.29) is 24.9 Å². The molecule has 3 nitrogen and oxygen atoms in total. The first kappa shape index (κ1) is 17.1. The van der Waals surface area contributed by atoms with E-state index in [0.29, 0.717) is 0 Å². The van der Waals surface area contributed by atoms with Gasteiger partial charge >= 0.3 is 0 Å². The first-order valence-electron chi connectivity index (χ1n) is 8.10.